The number of ether oxygens (including phenoxy) is 1. The molecule has 0 atom stereocenters. The van der Waals surface area contributed by atoms with Gasteiger partial charge in [-0.15, -0.1) is 23.8 Å². The second-order valence-corrected chi connectivity index (χ2v) is 18.4. The molecule has 1 aliphatic heterocycles. The standard InChI is InChI=1S/C52H49N5O.Pd/c1-50(2,3)35-16-15-19-39(28-35)54-26-27-55(34-54)40-29-37(52(7,8)9)30-42(32-40)58-41-22-23-44-46(33-41)57(47-31-36(24-25-53-47)51(4,5)6)49-43-20-13-14-21-45(43)56(48(44)49)38-17-11-10-12-18-38;/h10-31H,1-9H3;/q;+2. The Hall–Kier alpha value is -5.83. The number of benzene rings is 5. The first-order valence-electron chi connectivity index (χ1n) is 20.0. The molecular weight excluding hydrogens is 817 g/mol. The molecule has 0 saturated carbocycles. The molecule has 3 aromatic heterocycles. The Labute approximate surface area is 361 Å². The quantitative estimate of drug-likeness (QED) is 0.0949. The number of nitrogens with zero attached hydrogens (tertiary/aromatic N) is 5. The summed E-state index contributed by atoms with van der Waals surface area (Å²) >= 11 is 0. The topological polar surface area (TPSA) is 38.0 Å². The summed E-state index contributed by atoms with van der Waals surface area (Å²) < 4.78 is 15.4. The third kappa shape index (κ3) is 7.41. The van der Waals surface area contributed by atoms with E-state index in [0.717, 1.165) is 61.3 Å². The van der Waals surface area contributed by atoms with Crippen molar-refractivity contribution in [3.05, 3.63) is 163 Å². The van der Waals surface area contributed by atoms with E-state index in [1.165, 1.54) is 11.1 Å². The molecule has 0 unspecified atom stereocenters. The Balaban J connectivity index is 0.00000484. The van der Waals surface area contributed by atoms with E-state index < -0.39 is 0 Å². The Bertz CT molecular complexity index is 3010. The molecule has 4 heterocycles. The van der Waals surface area contributed by atoms with Crippen molar-refractivity contribution < 1.29 is 34.3 Å². The van der Waals surface area contributed by atoms with Crippen molar-refractivity contribution in [1.29, 1.82) is 0 Å². The molecular formula is C52H49N5OPd+2. The van der Waals surface area contributed by atoms with Crippen molar-refractivity contribution in [2.75, 3.05) is 0 Å². The molecule has 0 aliphatic carbocycles. The van der Waals surface area contributed by atoms with E-state index in [4.69, 9.17) is 9.72 Å². The molecule has 9 rings (SSSR count). The van der Waals surface area contributed by atoms with Gasteiger partial charge in [0.25, 0.3) is 12.4 Å². The Morgan fingerprint density at radius 1 is 0.576 bits per heavy atom. The fourth-order valence-electron chi connectivity index (χ4n) is 7.76. The first-order chi connectivity index (χ1) is 27.6. The fourth-order valence-corrected chi connectivity index (χ4v) is 7.76. The number of hydrogen-bond acceptors (Lipinski definition) is 2. The average molecular weight is 866 g/mol. The van der Waals surface area contributed by atoms with E-state index in [2.05, 4.69) is 199 Å². The van der Waals surface area contributed by atoms with E-state index in [-0.39, 0.29) is 36.7 Å². The molecule has 296 valence electrons. The zero-order chi connectivity index (χ0) is 40.6. The summed E-state index contributed by atoms with van der Waals surface area (Å²) in [5.74, 6) is 2.04. The van der Waals surface area contributed by atoms with Crippen LogP contribution in [0.15, 0.2) is 134 Å². The van der Waals surface area contributed by atoms with Gasteiger partial charge in [0.05, 0.1) is 11.0 Å². The van der Waals surface area contributed by atoms with Crippen LogP contribution in [0.2, 0.25) is 0 Å². The summed E-state index contributed by atoms with van der Waals surface area (Å²) in [7, 11) is 0. The minimum Gasteiger partial charge on any atom is -0.509 e. The summed E-state index contributed by atoms with van der Waals surface area (Å²) in [4.78, 5) is 5.00. The van der Waals surface area contributed by atoms with Crippen molar-refractivity contribution in [2.45, 2.75) is 78.6 Å². The molecule has 6 nitrogen and oxygen atoms in total. The SMILES string of the molecule is CC(C)(C)c1cc(Oc2[c-]c3c(cc2)c2c(c4ccccc4n2-c2ccccc2)n3-c2cc(C(C)(C)C)ccn2)[c-]c([N+]2=C=[N+](c3cccc(C(C)(C)C)c3)C=C2)c1.[Pd+2]. The van der Waals surface area contributed by atoms with Crippen molar-refractivity contribution in [3.63, 3.8) is 0 Å². The van der Waals surface area contributed by atoms with Crippen molar-refractivity contribution in [3.8, 4) is 23.0 Å². The van der Waals surface area contributed by atoms with E-state index >= 15 is 0 Å². The van der Waals surface area contributed by atoms with Crippen LogP contribution in [0.25, 0.3) is 44.3 Å². The Kier molecular flexibility index (Phi) is 10.0. The van der Waals surface area contributed by atoms with Gasteiger partial charge in [0.1, 0.15) is 11.5 Å². The predicted molar refractivity (Wildman–Crippen MR) is 236 cm³/mol. The molecule has 0 fully saturated rings. The maximum Gasteiger partial charge on any atom is 2.00 e. The number of aromatic nitrogens is 3. The van der Waals surface area contributed by atoms with Gasteiger partial charge in [-0.2, -0.15) is 6.07 Å². The normalized spacial score (nSPS) is 13.2. The van der Waals surface area contributed by atoms with Gasteiger partial charge in [-0.25, -0.2) is 4.98 Å². The largest absolute Gasteiger partial charge is 2.00 e. The van der Waals surface area contributed by atoms with Crippen LogP contribution < -0.4 is 4.74 Å². The molecule has 1 aliphatic rings. The third-order valence-electron chi connectivity index (χ3n) is 11.0. The van der Waals surface area contributed by atoms with E-state index in [0.29, 0.717) is 11.5 Å². The van der Waals surface area contributed by atoms with Gasteiger partial charge in [-0.3, -0.25) is 0 Å². The van der Waals surface area contributed by atoms with Gasteiger partial charge in [0, 0.05) is 46.4 Å². The van der Waals surface area contributed by atoms with Crippen LogP contribution >= 0.6 is 0 Å². The molecule has 8 aromatic rings. The van der Waals surface area contributed by atoms with Crippen LogP contribution in [-0.2, 0) is 36.7 Å². The molecule has 0 amide bonds. The van der Waals surface area contributed by atoms with Crippen LogP contribution in [0.3, 0.4) is 0 Å². The molecule has 0 radical (unpaired) electrons. The van der Waals surface area contributed by atoms with E-state index in [1.54, 1.807) is 0 Å². The minimum atomic E-state index is -0.146. The summed E-state index contributed by atoms with van der Waals surface area (Å²) in [6.45, 7) is 20.1. The van der Waals surface area contributed by atoms with Gasteiger partial charge in [-0.05, 0) is 57.7 Å². The second kappa shape index (κ2) is 14.8. The number of fused-ring (bicyclic) bond motifs is 5. The number of hydrogen-bond donors (Lipinski definition) is 0. The Morgan fingerprint density at radius 2 is 1.25 bits per heavy atom. The van der Waals surface area contributed by atoms with Crippen LogP contribution in [0.4, 0.5) is 11.4 Å². The molecule has 5 aromatic carbocycles. The van der Waals surface area contributed by atoms with Crippen LogP contribution in [-0.4, -0.2) is 29.3 Å². The Morgan fingerprint density at radius 3 is 2.00 bits per heavy atom. The number of rotatable bonds is 6. The monoisotopic (exact) mass is 865 g/mol. The van der Waals surface area contributed by atoms with Gasteiger partial charge in [0.15, 0.2) is 0 Å². The van der Waals surface area contributed by atoms with E-state index in [9.17, 15) is 0 Å². The van der Waals surface area contributed by atoms with Crippen molar-refractivity contribution in [1.82, 2.24) is 14.1 Å². The number of para-hydroxylation sites is 2. The number of pyridine rings is 1. The summed E-state index contributed by atoms with van der Waals surface area (Å²) in [5, 5.41) is 2.19. The predicted octanol–water partition coefficient (Wildman–Crippen LogP) is 13.1. The molecule has 0 bridgehead atoms. The van der Waals surface area contributed by atoms with Gasteiger partial charge in [-0.1, -0.05) is 143 Å². The van der Waals surface area contributed by atoms with Crippen LogP contribution in [0.5, 0.6) is 11.5 Å². The zero-order valence-corrected chi connectivity index (χ0v) is 36.7. The summed E-state index contributed by atoms with van der Waals surface area (Å²) in [6.07, 6.45) is 5.98. The maximum atomic E-state index is 6.79. The zero-order valence-electron chi connectivity index (χ0n) is 35.2. The molecule has 0 saturated heterocycles. The van der Waals surface area contributed by atoms with E-state index in [1.807, 2.05) is 33.8 Å². The van der Waals surface area contributed by atoms with Gasteiger partial charge < -0.3 is 13.9 Å². The van der Waals surface area contributed by atoms with Crippen LogP contribution in [0.1, 0.15) is 79.0 Å². The van der Waals surface area contributed by atoms with Gasteiger partial charge in [0.2, 0.25) is 5.69 Å². The first kappa shape index (κ1) is 40.0. The summed E-state index contributed by atoms with van der Waals surface area (Å²) in [5.41, 5.74) is 10.6. The van der Waals surface area contributed by atoms with Crippen molar-refractivity contribution in [2.24, 2.45) is 0 Å². The fraction of sp³-hybridized carbons (Fsp3) is 0.231. The first-order valence-corrected chi connectivity index (χ1v) is 20.0. The molecule has 0 spiro atoms. The second-order valence-electron chi connectivity index (χ2n) is 18.4. The molecule has 59 heavy (non-hydrogen) atoms. The molecule has 0 N–H and O–H groups in total. The smallest absolute Gasteiger partial charge is 0.509 e. The average Bonchev–Trinajstić information content (AvgIpc) is 3.90. The third-order valence-corrected chi connectivity index (χ3v) is 11.0. The minimum absolute atomic E-state index is 0. The summed E-state index contributed by atoms with van der Waals surface area (Å²) in [6, 6.07) is 51.4. The van der Waals surface area contributed by atoms with Crippen molar-refractivity contribution >= 4 is 50.2 Å². The molecule has 7 heteroatoms. The van der Waals surface area contributed by atoms with Crippen LogP contribution in [0, 0.1) is 12.1 Å². The maximum absolute atomic E-state index is 6.79. The van der Waals surface area contributed by atoms with Gasteiger partial charge >= 0.3 is 26.4 Å².